The highest BCUT2D eigenvalue weighted by Gasteiger charge is 2.02. The Morgan fingerprint density at radius 2 is 2.29 bits per heavy atom. The summed E-state index contributed by atoms with van der Waals surface area (Å²) < 4.78 is 12.7. The lowest BCUT2D eigenvalue weighted by atomic mass is 10.3. The van der Waals surface area contributed by atoms with E-state index in [9.17, 15) is 9.18 Å². The molecule has 0 saturated carbocycles. The second kappa shape index (κ2) is 4.45. The Morgan fingerprint density at radius 1 is 1.57 bits per heavy atom. The molecule has 1 aromatic rings. The van der Waals surface area contributed by atoms with Gasteiger partial charge < -0.3 is 16.4 Å². The summed E-state index contributed by atoms with van der Waals surface area (Å²) in [4.78, 5) is 11.1. The van der Waals surface area contributed by atoms with Crippen LogP contribution in [0.4, 0.5) is 20.6 Å². The van der Waals surface area contributed by atoms with Gasteiger partial charge in [0.05, 0.1) is 5.69 Å². The Bertz CT molecular complexity index is 341. The van der Waals surface area contributed by atoms with Crippen LogP contribution in [0, 0.1) is 5.82 Å². The molecule has 0 atom stereocenters. The van der Waals surface area contributed by atoms with Crippen LogP contribution in [0.15, 0.2) is 18.2 Å². The van der Waals surface area contributed by atoms with Crippen LogP contribution in [0.2, 0.25) is 0 Å². The zero-order chi connectivity index (χ0) is 10.6. The number of anilines is 2. The van der Waals surface area contributed by atoms with Crippen molar-refractivity contribution in [3.05, 3.63) is 24.0 Å². The van der Waals surface area contributed by atoms with Crippen molar-refractivity contribution < 1.29 is 9.18 Å². The zero-order valence-corrected chi connectivity index (χ0v) is 7.80. The van der Waals surface area contributed by atoms with Crippen LogP contribution in [0.3, 0.4) is 0 Å². The monoisotopic (exact) mass is 197 g/mol. The maximum Gasteiger partial charge on any atom is 0.319 e. The molecule has 0 heterocycles. The Kier molecular flexibility index (Phi) is 3.28. The molecule has 0 radical (unpaired) electrons. The topological polar surface area (TPSA) is 67.2 Å². The Balaban J connectivity index is 2.68. The lowest BCUT2D eigenvalue weighted by molar-refractivity contribution is 0.252. The van der Waals surface area contributed by atoms with Crippen LogP contribution < -0.4 is 16.4 Å². The van der Waals surface area contributed by atoms with Crippen molar-refractivity contribution in [2.45, 2.75) is 6.92 Å². The Hall–Kier alpha value is -1.78. The number of benzene rings is 1. The van der Waals surface area contributed by atoms with Crippen molar-refractivity contribution in [3.63, 3.8) is 0 Å². The third-order valence-corrected chi connectivity index (χ3v) is 1.59. The lowest BCUT2D eigenvalue weighted by Gasteiger charge is -2.06. The minimum Gasteiger partial charge on any atom is -0.396 e. The van der Waals surface area contributed by atoms with E-state index in [0.29, 0.717) is 12.2 Å². The maximum atomic E-state index is 12.7. The van der Waals surface area contributed by atoms with Crippen LogP contribution in [0.25, 0.3) is 0 Å². The van der Waals surface area contributed by atoms with Gasteiger partial charge in [0.1, 0.15) is 5.82 Å². The van der Waals surface area contributed by atoms with Crippen molar-refractivity contribution in [1.29, 1.82) is 0 Å². The average Bonchev–Trinajstić information content (AvgIpc) is 2.12. The molecule has 0 bridgehead atoms. The fraction of sp³-hybridized carbons (Fsp3) is 0.222. The molecule has 76 valence electrons. The number of hydrogen-bond acceptors (Lipinski definition) is 2. The normalized spacial score (nSPS) is 9.57. The van der Waals surface area contributed by atoms with Gasteiger partial charge in [0.15, 0.2) is 0 Å². The molecule has 1 aromatic carbocycles. The summed E-state index contributed by atoms with van der Waals surface area (Å²) in [7, 11) is 0. The molecule has 5 heteroatoms. The lowest BCUT2D eigenvalue weighted by Crippen LogP contribution is -2.28. The smallest absolute Gasteiger partial charge is 0.319 e. The molecule has 2 amide bonds. The van der Waals surface area contributed by atoms with Crippen LogP contribution in [-0.2, 0) is 0 Å². The molecule has 14 heavy (non-hydrogen) atoms. The summed E-state index contributed by atoms with van der Waals surface area (Å²) in [6, 6.07) is 3.68. The van der Waals surface area contributed by atoms with Gasteiger partial charge in [-0.15, -0.1) is 0 Å². The molecule has 0 aliphatic carbocycles. The second-order valence-corrected chi connectivity index (χ2v) is 2.72. The first kappa shape index (κ1) is 10.3. The molecule has 0 spiro atoms. The fourth-order valence-corrected chi connectivity index (χ4v) is 0.957. The standard InChI is InChI=1S/C9H12FN3O/c1-2-12-9(14)13-6-3-4-7(10)8(11)5-6/h3-5H,2,11H2,1H3,(H2,12,13,14). The number of halogens is 1. The van der Waals surface area contributed by atoms with E-state index in [-0.39, 0.29) is 11.7 Å². The van der Waals surface area contributed by atoms with Gasteiger partial charge >= 0.3 is 6.03 Å². The molecule has 4 N–H and O–H groups in total. The summed E-state index contributed by atoms with van der Waals surface area (Å²) in [6.07, 6.45) is 0. The van der Waals surface area contributed by atoms with Crippen LogP contribution in [0.5, 0.6) is 0 Å². The number of urea groups is 1. The number of rotatable bonds is 2. The predicted octanol–water partition coefficient (Wildman–Crippen LogP) is 1.55. The van der Waals surface area contributed by atoms with Gasteiger partial charge in [-0.2, -0.15) is 0 Å². The average molecular weight is 197 g/mol. The number of carbonyl (C=O) groups is 1. The SMILES string of the molecule is CCNC(=O)Nc1ccc(F)c(N)c1. The molecule has 0 unspecified atom stereocenters. The number of carbonyl (C=O) groups excluding carboxylic acids is 1. The van der Waals surface area contributed by atoms with Crippen molar-refractivity contribution >= 4 is 17.4 Å². The summed E-state index contributed by atoms with van der Waals surface area (Å²) in [5.41, 5.74) is 5.80. The molecule has 0 saturated heterocycles. The van der Waals surface area contributed by atoms with E-state index in [0.717, 1.165) is 0 Å². The van der Waals surface area contributed by atoms with Crippen LogP contribution >= 0.6 is 0 Å². The fourth-order valence-electron chi connectivity index (χ4n) is 0.957. The van der Waals surface area contributed by atoms with Crippen molar-refractivity contribution in [1.82, 2.24) is 5.32 Å². The van der Waals surface area contributed by atoms with E-state index in [4.69, 9.17) is 5.73 Å². The molecule has 1 rings (SSSR count). The van der Waals surface area contributed by atoms with E-state index < -0.39 is 5.82 Å². The third-order valence-electron chi connectivity index (χ3n) is 1.59. The Morgan fingerprint density at radius 3 is 2.86 bits per heavy atom. The van der Waals surface area contributed by atoms with E-state index in [1.807, 2.05) is 0 Å². The van der Waals surface area contributed by atoms with Crippen molar-refractivity contribution in [2.24, 2.45) is 0 Å². The minimum atomic E-state index is -0.494. The number of nitrogens with two attached hydrogens (primary N) is 1. The summed E-state index contributed by atoms with van der Waals surface area (Å²) >= 11 is 0. The molecular formula is C9H12FN3O. The van der Waals surface area contributed by atoms with E-state index in [1.54, 1.807) is 6.92 Å². The summed E-state index contributed by atoms with van der Waals surface area (Å²) in [5.74, 6) is -0.494. The van der Waals surface area contributed by atoms with Gasteiger partial charge in [-0.1, -0.05) is 0 Å². The van der Waals surface area contributed by atoms with E-state index in [2.05, 4.69) is 10.6 Å². The minimum absolute atomic E-state index is 0.0132. The highest BCUT2D eigenvalue weighted by molar-refractivity contribution is 5.89. The van der Waals surface area contributed by atoms with E-state index >= 15 is 0 Å². The highest BCUT2D eigenvalue weighted by atomic mass is 19.1. The number of hydrogen-bond donors (Lipinski definition) is 3. The summed E-state index contributed by atoms with van der Waals surface area (Å²) in [5, 5.41) is 5.06. The van der Waals surface area contributed by atoms with Gasteiger partial charge in [-0.3, -0.25) is 0 Å². The molecule has 4 nitrogen and oxygen atoms in total. The molecular weight excluding hydrogens is 185 g/mol. The number of nitrogen functional groups attached to an aromatic ring is 1. The Labute approximate surface area is 81.3 Å². The van der Waals surface area contributed by atoms with Crippen molar-refractivity contribution in [3.8, 4) is 0 Å². The quantitative estimate of drug-likeness (QED) is 0.629. The van der Waals surface area contributed by atoms with Crippen molar-refractivity contribution in [2.75, 3.05) is 17.6 Å². The first-order chi connectivity index (χ1) is 6.63. The first-order valence-electron chi connectivity index (χ1n) is 4.23. The molecule has 0 aliphatic heterocycles. The van der Waals surface area contributed by atoms with Crippen LogP contribution in [-0.4, -0.2) is 12.6 Å². The number of amides is 2. The zero-order valence-electron chi connectivity index (χ0n) is 7.80. The second-order valence-electron chi connectivity index (χ2n) is 2.72. The van der Waals surface area contributed by atoms with Gasteiger partial charge in [0.25, 0.3) is 0 Å². The van der Waals surface area contributed by atoms with Crippen LogP contribution in [0.1, 0.15) is 6.92 Å². The maximum absolute atomic E-state index is 12.7. The van der Waals surface area contributed by atoms with Gasteiger partial charge in [-0.05, 0) is 25.1 Å². The third kappa shape index (κ3) is 2.62. The molecule has 0 fully saturated rings. The summed E-state index contributed by atoms with van der Waals surface area (Å²) in [6.45, 7) is 2.33. The predicted molar refractivity (Wildman–Crippen MR) is 53.5 cm³/mol. The van der Waals surface area contributed by atoms with Gasteiger partial charge in [0.2, 0.25) is 0 Å². The first-order valence-corrected chi connectivity index (χ1v) is 4.23. The number of nitrogens with one attached hydrogen (secondary N) is 2. The highest BCUT2D eigenvalue weighted by Crippen LogP contribution is 2.15. The molecule has 0 aromatic heterocycles. The van der Waals surface area contributed by atoms with Gasteiger partial charge in [0, 0.05) is 12.2 Å². The van der Waals surface area contributed by atoms with E-state index in [1.165, 1.54) is 18.2 Å². The molecule has 0 aliphatic rings. The van der Waals surface area contributed by atoms with Gasteiger partial charge in [-0.25, -0.2) is 9.18 Å². The largest absolute Gasteiger partial charge is 0.396 e.